The molecule has 3 aromatic rings. The molecule has 0 saturated heterocycles. The van der Waals surface area contributed by atoms with E-state index >= 15 is 0 Å². The van der Waals surface area contributed by atoms with Crippen molar-refractivity contribution in [2.75, 3.05) is 17.2 Å². The van der Waals surface area contributed by atoms with E-state index in [9.17, 15) is 9.90 Å². The predicted molar refractivity (Wildman–Crippen MR) is 130 cm³/mol. The van der Waals surface area contributed by atoms with Crippen molar-refractivity contribution in [3.8, 4) is 0 Å². The molecule has 1 atom stereocenters. The number of rotatable bonds is 8. The number of benzene rings is 1. The first-order chi connectivity index (χ1) is 15.9. The number of aliphatic hydroxyl groups excluding tert-OH is 1. The molecule has 0 unspecified atom stereocenters. The molecule has 0 bridgehead atoms. The van der Waals surface area contributed by atoms with Crippen molar-refractivity contribution in [3.63, 3.8) is 0 Å². The van der Waals surface area contributed by atoms with Crippen molar-refractivity contribution < 1.29 is 9.90 Å². The van der Waals surface area contributed by atoms with Crippen molar-refractivity contribution in [2.24, 2.45) is 11.7 Å². The lowest BCUT2D eigenvalue weighted by atomic mass is 9.85. The third-order valence-corrected chi connectivity index (χ3v) is 6.67. The molecule has 0 aliphatic heterocycles. The number of hydrogen-bond donors (Lipinski definition) is 4. The molecular weight excluding hydrogens is 465 g/mol. The molecule has 176 valence electrons. The lowest BCUT2D eigenvalue weighted by Crippen LogP contribution is -2.29. The number of aliphatic hydroxyl groups is 1. The first-order valence-electron chi connectivity index (χ1n) is 11.0. The summed E-state index contributed by atoms with van der Waals surface area (Å²) in [5.41, 5.74) is 7.49. The smallest absolute Gasteiger partial charge is 0.225 e. The van der Waals surface area contributed by atoms with E-state index in [0.717, 1.165) is 19.3 Å². The normalized spacial score (nSPS) is 19.4. The molecule has 0 spiro atoms. The molecule has 1 aliphatic carbocycles. The Morgan fingerprint density at radius 2 is 2.03 bits per heavy atom. The van der Waals surface area contributed by atoms with Crippen molar-refractivity contribution >= 4 is 57.9 Å². The van der Waals surface area contributed by atoms with E-state index in [2.05, 4.69) is 15.6 Å². The van der Waals surface area contributed by atoms with E-state index in [1.54, 1.807) is 24.4 Å². The van der Waals surface area contributed by atoms with Crippen LogP contribution in [0.2, 0.25) is 10.0 Å². The highest BCUT2D eigenvalue weighted by molar-refractivity contribution is 6.36. The van der Waals surface area contributed by atoms with Crippen LogP contribution >= 0.6 is 23.2 Å². The van der Waals surface area contributed by atoms with Crippen molar-refractivity contribution in [2.45, 2.75) is 51.1 Å². The molecule has 0 radical (unpaired) electrons. The zero-order chi connectivity index (χ0) is 23.5. The molecule has 4 rings (SSSR count). The minimum atomic E-state index is -0.251. The zero-order valence-corrected chi connectivity index (χ0v) is 19.8. The highest BCUT2D eigenvalue weighted by Crippen LogP contribution is 2.38. The highest BCUT2D eigenvalue weighted by Gasteiger charge is 2.29. The van der Waals surface area contributed by atoms with Crippen LogP contribution < -0.4 is 16.4 Å². The van der Waals surface area contributed by atoms with Gasteiger partial charge in [0.15, 0.2) is 5.65 Å². The van der Waals surface area contributed by atoms with Gasteiger partial charge in [-0.2, -0.15) is 4.98 Å². The van der Waals surface area contributed by atoms with Crippen LogP contribution in [0.1, 0.15) is 45.1 Å². The number of imidazole rings is 1. The van der Waals surface area contributed by atoms with E-state index in [1.165, 1.54) is 0 Å². The SMILES string of the molecule is CC[C@@H](CO)Nc1ncc2nc(Nc3ccc(Cl)cc3Cl)n([C@H]3CC[C@H](C(N)=O)CC3)c2n1. The second kappa shape index (κ2) is 10.1. The summed E-state index contributed by atoms with van der Waals surface area (Å²) in [6, 6.07) is 5.14. The van der Waals surface area contributed by atoms with Crippen LogP contribution in [-0.2, 0) is 4.79 Å². The number of nitrogens with one attached hydrogen (secondary N) is 2. The molecule has 9 nitrogen and oxygen atoms in total. The molecule has 1 fully saturated rings. The summed E-state index contributed by atoms with van der Waals surface area (Å²) in [6.07, 6.45) is 5.34. The Morgan fingerprint density at radius 3 is 2.67 bits per heavy atom. The fourth-order valence-electron chi connectivity index (χ4n) is 4.18. The number of carbonyl (C=O) groups is 1. The summed E-state index contributed by atoms with van der Waals surface area (Å²) in [5.74, 6) is 0.641. The Hall–Kier alpha value is -2.62. The maximum Gasteiger partial charge on any atom is 0.225 e. The lowest BCUT2D eigenvalue weighted by molar-refractivity contribution is -0.122. The lowest BCUT2D eigenvalue weighted by Gasteiger charge is -2.29. The molecule has 1 saturated carbocycles. The summed E-state index contributed by atoms with van der Waals surface area (Å²) < 4.78 is 2.05. The van der Waals surface area contributed by atoms with Gasteiger partial charge >= 0.3 is 0 Å². The molecule has 1 aliphatic rings. The Morgan fingerprint density at radius 1 is 1.27 bits per heavy atom. The van der Waals surface area contributed by atoms with Crippen LogP contribution in [-0.4, -0.2) is 43.2 Å². The number of hydrogen-bond acceptors (Lipinski definition) is 7. The summed E-state index contributed by atoms with van der Waals surface area (Å²) >= 11 is 12.4. The van der Waals surface area contributed by atoms with Gasteiger partial charge in [-0.3, -0.25) is 9.36 Å². The van der Waals surface area contributed by atoms with Gasteiger partial charge in [0.1, 0.15) is 5.52 Å². The molecule has 11 heteroatoms. The predicted octanol–water partition coefficient (Wildman–Crippen LogP) is 4.28. The fraction of sp³-hybridized carbons (Fsp3) is 0.455. The Kier molecular flexibility index (Phi) is 7.21. The Balaban J connectivity index is 1.73. The van der Waals surface area contributed by atoms with Gasteiger partial charge < -0.3 is 21.5 Å². The van der Waals surface area contributed by atoms with Crippen molar-refractivity contribution in [1.82, 2.24) is 19.5 Å². The minimum Gasteiger partial charge on any atom is -0.394 e. The summed E-state index contributed by atoms with van der Waals surface area (Å²) in [4.78, 5) is 25.5. The van der Waals surface area contributed by atoms with Crippen LogP contribution in [0.3, 0.4) is 0 Å². The Labute approximate surface area is 201 Å². The van der Waals surface area contributed by atoms with Crippen molar-refractivity contribution in [3.05, 3.63) is 34.4 Å². The van der Waals surface area contributed by atoms with Crippen LogP contribution in [0.4, 0.5) is 17.6 Å². The number of primary amides is 1. The summed E-state index contributed by atoms with van der Waals surface area (Å²) in [6.45, 7) is 1.96. The number of amides is 1. The van der Waals surface area contributed by atoms with Gasteiger partial charge in [0.25, 0.3) is 0 Å². The van der Waals surface area contributed by atoms with Crippen LogP contribution in [0.5, 0.6) is 0 Å². The number of nitrogens with zero attached hydrogens (tertiary/aromatic N) is 4. The second-order valence-corrected chi connectivity index (χ2v) is 9.14. The topological polar surface area (TPSA) is 131 Å². The van der Waals surface area contributed by atoms with Gasteiger partial charge in [-0.05, 0) is 50.3 Å². The van der Waals surface area contributed by atoms with E-state index in [4.69, 9.17) is 38.9 Å². The number of aromatic nitrogens is 4. The maximum absolute atomic E-state index is 11.7. The molecular formula is C22H27Cl2N7O2. The van der Waals surface area contributed by atoms with Crippen LogP contribution in [0, 0.1) is 5.92 Å². The van der Waals surface area contributed by atoms with Gasteiger partial charge in [0, 0.05) is 17.0 Å². The van der Waals surface area contributed by atoms with Crippen molar-refractivity contribution in [1.29, 1.82) is 0 Å². The van der Waals surface area contributed by atoms with Gasteiger partial charge in [-0.25, -0.2) is 9.97 Å². The number of carbonyl (C=O) groups excluding carboxylic acids is 1. The molecule has 33 heavy (non-hydrogen) atoms. The summed E-state index contributed by atoms with van der Waals surface area (Å²) in [7, 11) is 0. The van der Waals surface area contributed by atoms with E-state index in [1.807, 2.05) is 11.5 Å². The van der Waals surface area contributed by atoms with Gasteiger partial charge in [-0.15, -0.1) is 0 Å². The number of halogens is 2. The molecule has 1 aromatic carbocycles. The average molecular weight is 492 g/mol. The molecule has 5 N–H and O–H groups in total. The van der Waals surface area contributed by atoms with E-state index in [-0.39, 0.29) is 30.5 Å². The maximum atomic E-state index is 11.7. The summed E-state index contributed by atoms with van der Waals surface area (Å²) in [5, 5.41) is 17.0. The third-order valence-electron chi connectivity index (χ3n) is 6.12. The standard InChI is InChI=1S/C22H27Cl2N7O2/c1-2-14(11-32)27-21-26-10-18-20(30-21)31(15-6-3-12(4-7-15)19(25)33)22(29-18)28-17-8-5-13(23)9-16(17)24/h5,8-10,12,14-15,32H,2-4,6-7,11H2,1H3,(H2,25,33)(H,28,29)(H,26,27,30)/t12-,14-,15-/m0/s1. The second-order valence-electron chi connectivity index (χ2n) is 8.30. The largest absolute Gasteiger partial charge is 0.394 e. The molecule has 2 heterocycles. The average Bonchev–Trinajstić information content (AvgIpc) is 3.16. The van der Waals surface area contributed by atoms with E-state index in [0.29, 0.717) is 51.6 Å². The Bertz CT molecular complexity index is 1140. The quantitative estimate of drug-likeness (QED) is 0.369. The first-order valence-corrected chi connectivity index (χ1v) is 11.8. The number of anilines is 3. The van der Waals surface area contributed by atoms with E-state index < -0.39 is 0 Å². The van der Waals surface area contributed by atoms with Crippen LogP contribution in [0.25, 0.3) is 11.2 Å². The van der Waals surface area contributed by atoms with Gasteiger partial charge in [0.2, 0.25) is 17.8 Å². The first kappa shape index (κ1) is 23.5. The fourth-order valence-corrected chi connectivity index (χ4v) is 4.64. The number of fused-ring (bicyclic) bond motifs is 1. The zero-order valence-electron chi connectivity index (χ0n) is 18.3. The molecule has 1 amide bonds. The van der Waals surface area contributed by atoms with Gasteiger partial charge in [0.05, 0.1) is 29.6 Å². The highest BCUT2D eigenvalue weighted by atomic mass is 35.5. The van der Waals surface area contributed by atoms with Gasteiger partial charge in [-0.1, -0.05) is 30.1 Å². The number of nitrogens with two attached hydrogens (primary N) is 1. The molecule has 2 aromatic heterocycles. The monoisotopic (exact) mass is 491 g/mol. The van der Waals surface area contributed by atoms with Crippen LogP contribution in [0.15, 0.2) is 24.4 Å². The third kappa shape index (κ3) is 5.15. The minimum absolute atomic E-state index is 0.0177.